The third kappa shape index (κ3) is 4.31. The molecule has 0 amide bonds. The van der Waals surface area contributed by atoms with Crippen molar-refractivity contribution in [1.29, 1.82) is 0 Å². The summed E-state index contributed by atoms with van der Waals surface area (Å²) in [7, 11) is 0. The molecule has 0 saturated heterocycles. The summed E-state index contributed by atoms with van der Waals surface area (Å²) < 4.78 is 100. The van der Waals surface area contributed by atoms with Gasteiger partial charge in [0.1, 0.15) is 17.4 Å². The molecule has 0 aliphatic heterocycles. The van der Waals surface area contributed by atoms with Crippen molar-refractivity contribution in [2.45, 2.75) is 32.1 Å². The average molecular weight is 416 g/mol. The molecule has 0 heterocycles. The standard InChI is InChI=1S/C21H15F7O/c1-2-3-12-4-8-16(18(22)10-12)21(27,28)29-14-6-7-15-13(11-14)5-9-17(19(15)23)20(24,25)26/h4-11H,2-3H2,1H3. The molecule has 0 N–H and O–H groups in total. The quantitative estimate of drug-likeness (QED) is 0.399. The highest BCUT2D eigenvalue weighted by Gasteiger charge is 2.38. The van der Waals surface area contributed by atoms with Gasteiger partial charge in [-0.25, -0.2) is 8.78 Å². The van der Waals surface area contributed by atoms with Gasteiger partial charge in [-0.3, -0.25) is 0 Å². The van der Waals surface area contributed by atoms with E-state index in [1.54, 1.807) is 0 Å². The van der Waals surface area contributed by atoms with E-state index in [9.17, 15) is 30.7 Å². The molecule has 0 bridgehead atoms. The van der Waals surface area contributed by atoms with E-state index in [0.29, 0.717) is 18.1 Å². The number of alkyl halides is 5. The van der Waals surface area contributed by atoms with Gasteiger partial charge in [-0.2, -0.15) is 22.0 Å². The summed E-state index contributed by atoms with van der Waals surface area (Å²) in [6, 6.07) is 7.55. The van der Waals surface area contributed by atoms with Crippen molar-refractivity contribution in [3.05, 3.63) is 76.9 Å². The lowest BCUT2D eigenvalue weighted by molar-refractivity contribution is -0.187. The smallest absolute Gasteiger partial charge is 0.429 e. The van der Waals surface area contributed by atoms with Crippen molar-refractivity contribution in [2.75, 3.05) is 0 Å². The van der Waals surface area contributed by atoms with Crippen LogP contribution in [0.15, 0.2) is 48.5 Å². The van der Waals surface area contributed by atoms with Crippen LogP contribution in [0.1, 0.15) is 30.0 Å². The summed E-state index contributed by atoms with van der Waals surface area (Å²) in [6.07, 6.45) is -7.68. The Morgan fingerprint density at radius 1 is 0.828 bits per heavy atom. The second-order valence-corrected chi connectivity index (χ2v) is 6.49. The van der Waals surface area contributed by atoms with E-state index in [1.807, 2.05) is 6.92 Å². The number of aryl methyl sites for hydroxylation is 1. The maximum Gasteiger partial charge on any atom is 0.429 e. The summed E-state index contributed by atoms with van der Waals surface area (Å²) in [4.78, 5) is 0. The minimum absolute atomic E-state index is 0.0671. The fourth-order valence-corrected chi connectivity index (χ4v) is 2.99. The Morgan fingerprint density at radius 3 is 2.14 bits per heavy atom. The molecule has 8 heteroatoms. The van der Waals surface area contributed by atoms with Crippen LogP contribution in [0.25, 0.3) is 10.8 Å². The first-order valence-electron chi connectivity index (χ1n) is 8.68. The molecular formula is C21H15F7O. The third-order valence-electron chi connectivity index (χ3n) is 4.36. The van der Waals surface area contributed by atoms with E-state index in [1.165, 1.54) is 6.07 Å². The van der Waals surface area contributed by atoms with Gasteiger partial charge in [-0.15, -0.1) is 0 Å². The third-order valence-corrected chi connectivity index (χ3v) is 4.36. The van der Waals surface area contributed by atoms with Crippen molar-refractivity contribution in [3.63, 3.8) is 0 Å². The van der Waals surface area contributed by atoms with Crippen LogP contribution in [0.3, 0.4) is 0 Å². The van der Waals surface area contributed by atoms with E-state index in [4.69, 9.17) is 0 Å². The normalized spacial score (nSPS) is 12.4. The van der Waals surface area contributed by atoms with E-state index in [2.05, 4.69) is 4.74 Å². The highest BCUT2D eigenvalue weighted by atomic mass is 19.4. The van der Waals surface area contributed by atoms with Gasteiger partial charge in [0.05, 0.1) is 11.1 Å². The molecular weight excluding hydrogens is 401 g/mol. The maximum absolute atomic E-state index is 14.4. The summed E-state index contributed by atoms with van der Waals surface area (Å²) in [6.45, 7) is 1.86. The molecule has 3 rings (SSSR count). The first kappa shape index (κ1) is 21.0. The van der Waals surface area contributed by atoms with Gasteiger partial charge in [0.15, 0.2) is 0 Å². The average Bonchev–Trinajstić information content (AvgIpc) is 2.60. The van der Waals surface area contributed by atoms with E-state index >= 15 is 0 Å². The van der Waals surface area contributed by atoms with E-state index < -0.39 is 46.2 Å². The largest absolute Gasteiger partial charge is 0.429 e. The Morgan fingerprint density at radius 2 is 1.52 bits per heavy atom. The molecule has 3 aromatic rings. The molecule has 29 heavy (non-hydrogen) atoms. The molecule has 0 radical (unpaired) electrons. The van der Waals surface area contributed by atoms with Crippen LogP contribution in [0.2, 0.25) is 0 Å². The van der Waals surface area contributed by atoms with E-state index in [0.717, 1.165) is 42.8 Å². The summed E-state index contributed by atoms with van der Waals surface area (Å²) in [5.41, 5.74) is -1.87. The summed E-state index contributed by atoms with van der Waals surface area (Å²) >= 11 is 0. The highest BCUT2D eigenvalue weighted by Crippen LogP contribution is 2.37. The lowest BCUT2D eigenvalue weighted by atomic mass is 10.0. The molecule has 0 spiro atoms. The monoisotopic (exact) mass is 416 g/mol. The fourth-order valence-electron chi connectivity index (χ4n) is 2.99. The van der Waals surface area contributed by atoms with Gasteiger partial charge < -0.3 is 4.74 Å². The van der Waals surface area contributed by atoms with Gasteiger partial charge in [0, 0.05) is 5.39 Å². The Kier molecular flexibility index (Phi) is 5.47. The molecule has 0 aromatic heterocycles. The number of halogens is 7. The van der Waals surface area contributed by atoms with Gasteiger partial charge in [0.25, 0.3) is 0 Å². The van der Waals surface area contributed by atoms with Crippen molar-refractivity contribution in [2.24, 2.45) is 0 Å². The predicted octanol–water partition coefficient (Wildman–Crippen LogP) is 7.22. The number of benzene rings is 3. The van der Waals surface area contributed by atoms with Crippen LogP contribution in [0.4, 0.5) is 30.7 Å². The lowest BCUT2D eigenvalue weighted by Crippen LogP contribution is -2.23. The van der Waals surface area contributed by atoms with Crippen molar-refractivity contribution in [1.82, 2.24) is 0 Å². The fraction of sp³-hybridized carbons (Fsp3) is 0.238. The zero-order valence-electron chi connectivity index (χ0n) is 15.1. The highest BCUT2D eigenvalue weighted by molar-refractivity contribution is 5.85. The van der Waals surface area contributed by atoms with Crippen LogP contribution in [-0.2, 0) is 18.7 Å². The predicted molar refractivity (Wildman–Crippen MR) is 93.8 cm³/mol. The summed E-state index contributed by atoms with van der Waals surface area (Å²) in [5.74, 6) is -3.09. The molecule has 0 aliphatic rings. The number of ether oxygens (including phenoxy) is 1. The minimum atomic E-state index is -4.89. The zero-order chi connectivity index (χ0) is 21.4. The zero-order valence-corrected chi connectivity index (χ0v) is 15.1. The first-order valence-corrected chi connectivity index (χ1v) is 8.68. The van der Waals surface area contributed by atoms with Crippen molar-refractivity contribution >= 4 is 10.8 Å². The Bertz CT molecular complexity index is 1040. The lowest BCUT2D eigenvalue weighted by Gasteiger charge is -2.20. The molecule has 0 fully saturated rings. The summed E-state index contributed by atoms with van der Waals surface area (Å²) in [5, 5.41) is -0.465. The van der Waals surface area contributed by atoms with Crippen LogP contribution in [0.5, 0.6) is 5.75 Å². The Hall–Kier alpha value is -2.77. The van der Waals surface area contributed by atoms with Crippen LogP contribution < -0.4 is 4.74 Å². The van der Waals surface area contributed by atoms with E-state index in [-0.39, 0.29) is 5.39 Å². The second kappa shape index (κ2) is 7.57. The number of rotatable bonds is 5. The molecule has 3 aromatic carbocycles. The number of fused-ring (bicyclic) bond motifs is 1. The molecule has 0 unspecified atom stereocenters. The van der Waals surface area contributed by atoms with Gasteiger partial charge in [0.2, 0.25) is 0 Å². The maximum atomic E-state index is 14.4. The Balaban J connectivity index is 1.93. The number of hydrogen-bond acceptors (Lipinski definition) is 1. The van der Waals surface area contributed by atoms with Crippen molar-refractivity contribution < 1.29 is 35.5 Å². The number of hydrogen-bond donors (Lipinski definition) is 0. The molecule has 0 saturated carbocycles. The van der Waals surface area contributed by atoms with Crippen LogP contribution in [-0.4, -0.2) is 0 Å². The SMILES string of the molecule is CCCc1ccc(C(F)(F)Oc2ccc3c(F)c(C(F)(F)F)ccc3c2)c(F)c1. The molecule has 154 valence electrons. The van der Waals surface area contributed by atoms with Crippen LogP contribution in [0, 0.1) is 11.6 Å². The molecule has 0 atom stereocenters. The van der Waals surface area contributed by atoms with Crippen molar-refractivity contribution in [3.8, 4) is 5.75 Å². The van der Waals surface area contributed by atoms with Gasteiger partial charge in [-0.1, -0.05) is 25.5 Å². The molecule has 0 aliphatic carbocycles. The topological polar surface area (TPSA) is 9.23 Å². The first-order chi connectivity index (χ1) is 13.5. The van der Waals surface area contributed by atoms with Gasteiger partial charge in [-0.05, 0) is 53.8 Å². The minimum Gasteiger partial charge on any atom is -0.429 e. The second-order valence-electron chi connectivity index (χ2n) is 6.49. The van der Waals surface area contributed by atoms with Gasteiger partial charge >= 0.3 is 12.3 Å². The molecule has 1 nitrogen and oxygen atoms in total. The van der Waals surface area contributed by atoms with Crippen LogP contribution >= 0.6 is 0 Å². The Labute approximate surface area is 161 Å².